The fourth-order valence-electron chi connectivity index (χ4n) is 2.16. The molecule has 0 heterocycles. The maximum absolute atomic E-state index is 11.5. The normalized spacial score (nSPS) is 12.2. The molecule has 0 aliphatic carbocycles. The molecule has 0 amide bonds. The third kappa shape index (κ3) is 16.3. The van der Waals surface area contributed by atoms with Crippen LogP contribution in [-0.4, -0.2) is 35.2 Å². The van der Waals surface area contributed by atoms with E-state index in [1.165, 1.54) is 25.7 Å². The molecular weight excluding hydrogens is 350 g/mol. The second-order valence-corrected chi connectivity index (χ2v) is 5.74. The first-order valence-corrected chi connectivity index (χ1v) is 8.11. The number of rotatable bonds is 14. The first-order valence-electron chi connectivity index (χ1n) is 8.11. The fraction of sp³-hybridized carbons (Fsp3) is 0.812. The molecule has 0 aromatic carbocycles. The van der Waals surface area contributed by atoms with Gasteiger partial charge in [-0.1, -0.05) is 51.9 Å². The Morgan fingerprint density at radius 1 is 0.880 bits per heavy atom. The van der Waals surface area contributed by atoms with Gasteiger partial charge in [0, 0.05) is 12.4 Å². The summed E-state index contributed by atoms with van der Waals surface area (Å²) in [5.74, 6) is -4.79. The summed E-state index contributed by atoms with van der Waals surface area (Å²) in [4.78, 5) is 32.6. The van der Waals surface area contributed by atoms with Gasteiger partial charge in [-0.25, -0.2) is 0 Å². The predicted molar refractivity (Wildman–Crippen MR) is 77.8 cm³/mol. The zero-order chi connectivity index (χ0) is 17.7. The molecule has 0 saturated carbocycles. The Labute approximate surface area is 193 Å². The molecule has 1 N–H and O–H groups in total. The van der Waals surface area contributed by atoms with Crippen molar-refractivity contribution in [3.63, 3.8) is 0 Å². The number of carbonyl (C=O) groups excluding carboxylic acids is 3. The Bertz CT molecular complexity index is 391. The number of carboxylic acids is 2. The van der Waals surface area contributed by atoms with Gasteiger partial charge in [0.2, 0.25) is 0 Å². The second-order valence-electron chi connectivity index (χ2n) is 5.74. The SMILES string of the molecule is CCCCCCCCCCOC(=O)CC(O)(CC(=O)[O-])C(=O)[O-].[Na+].[Na+]. The van der Waals surface area contributed by atoms with Crippen molar-refractivity contribution in [1.82, 2.24) is 0 Å². The molecule has 0 spiro atoms. The van der Waals surface area contributed by atoms with Gasteiger partial charge in [0.05, 0.1) is 19.0 Å². The van der Waals surface area contributed by atoms with E-state index in [1.54, 1.807) is 0 Å². The van der Waals surface area contributed by atoms with Crippen LogP contribution in [-0.2, 0) is 19.1 Å². The summed E-state index contributed by atoms with van der Waals surface area (Å²) in [7, 11) is 0. The molecule has 0 aromatic rings. The van der Waals surface area contributed by atoms with Crippen molar-refractivity contribution in [1.29, 1.82) is 0 Å². The fourth-order valence-corrected chi connectivity index (χ4v) is 2.16. The van der Waals surface area contributed by atoms with Gasteiger partial charge in [-0.15, -0.1) is 0 Å². The number of aliphatic carboxylic acids is 2. The van der Waals surface area contributed by atoms with Crippen molar-refractivity contribution in [3.8, 4) is 0 Å². The van der Waals surface area contributed by atoms with E-state index in [0.29, 0.717) is 6.42 Å². The number of carboxylic acid groups (broad SMARTS) is 2. The summed E-state index contributed by atoms with van der Waals surface area (Å²) in [6, 6.07) is 0. The molecule has 0 bridgehead atoms. The third-order valence-corrected chi connectivity index (χ3v) is 3.51. The molecule has 7 nitrogen and oxygen atoms in total. The second kappa shape index (κ2) is 17.8. The van der Waals surface area contributed by atoms with E-state index in [-0.39, 0.29) is 65.7 Å². The van der Waals surface area contributed by atoms with E-state index in [2.05, 4.69) is 6.92 Å². The van der Waals surface area contributed by atoms with Crippen molar-refractivity contribution in [2.45, 2.75) is 76.7 Å². The smallest absolute Gasteiger partial charge is 0.550 e. The Balaban J connectivity index is -0.00000242. The van der Waals surface area contributed by atoms with E-state index < -0.39 is 36.4 Å². The molecule has 1 atom stereocenters. The summed E-state index contributed by atoms with van der Waals surface area (Å²) < 4.78 is 4.81. The minimum Gasteiger partial charge on any atom is -0.550 e. The van der Waals surface area contributed by atoms with Crippen molar-refractivity contribution in [3.05, 3.63) is 0 Å². The number of hydrogen-bond donors (Lipinski definition) is 1. The van der Waals surface area contributed by atoms with Crippen LogP contribution < -0.4 is 69.3 Å². The number of aliphatic hydroxyl groups is 1. The first-order chi connectivity index (χ1) is 10.8. The first kappa shape index (κ1) is 30.1. The summed E-state index contributed by atoms with van der Waals surface area (Å²) >= 11 is 0. The van der Waals surface area contributed by atoms with Crippen molar-refractivity contribution in [2.75, 3.05) is 6.61 Å². The van der Waals surface area contributed by atoms with Crippen molar-refractivity contribution in [2.24, 2.45) is 0 Å². The third-order valence-electron chi connectivity index (χ3n) is 3.51. The minimum absolute atomic E-state index is 0. The standard InChI is InChI=1S/C16H28O7.2Na/c1-2-3-4-5-6-7-8-9-10-23-14(19)12-16(22,15(20)21)11-13(17)18;;/h22H,2-12H2,1H3,(H,17,18)(H,20,21);;/q;2*+1/p-2. The molecule has 9 heteroatoms. The average molecular weight is 376 g/mol. The maximum atomic E-state index is 11.5. The van der Waals surface area contributed by atoms with Crippen LogP contribution in [0.25, 0.3) is 0 Å². The molecule has 25 heavy (non-hydrogen) atoms. The van der Waals surface area contributed by atoms with Crippen LogP contribution in [0.3, 0.4) is 0 Å². The Hall–Kier alpha value is 0.370. The maximum Gasteiger partial charge on any atom is 1.00 e. The van der Waals surface area contributed by atoms with E-state index in [9.17, 15) is 29.7 Å². The zero-order valence-corrected chi connectivity index (χ0v) is 19.7. The van der Waals surface area contributed by atoms with E-state index in [4.69, 9.17) is 4.74 Å². The van der Waals surface area contributed by atoms with Crippen LogP contribution in [0.1, 0.15) is 71.1 Å². The molecule has 0 aromatic heterocycles. The molecule has 134 valence electrons. The topological polar surface area (TPSA) is 127 Å². The zero-order valence-electron chi connectivity index (χ0n) is 15.7. The molecule has 0 aliphatic heterocycles. The largest absolute Gasteiger partial charge is 1.00 e. The molecule has 0 radical (unpaired) electrons. The van der Waals surface area contributed by atoms with Gasteiger partial charge in [-0.3, -0.25) is 4.79 Å². The van der Waals surface area contributed by atoms with Crippen LogP contribution >= 0.6 is 0 Å². The Morgan fingerprint density at radius 2 is 1.36 bits per heavy atom. The van der Waals surface area contributed by atoms with E-state index >= 15 is 0 Å². The van der Waals surface area contributed by atoms with Gasteiger partial charge in [0.25, 0.3) is 0 Å². The molecule has 1 unspecified atom stereocenters. The van der Waals surface area contributed by atoms with E-state index in [0.717, 1.165) is 19.3 Å². The van der Waals surface area contributed by atoms with Crippen LogP contribution in [0, 0.1) is 0 Å². The van der Waals surface area contributed by atoms with Crippen LogP contribution in [0.15, 0.2) is 0 Å². The number of unbranched alkanes of at least 4 members (excludes halogenated alkanes) is 7. The summed E-state index contributed by atoms with van der Waals surface area (Å²) in [6.07, 6.45) is 6.37. The predicted octanol–water partition coefficient (Wildman–Crippen LogP) is -6.31. The van der Waals surface area contributed by atoms with Gasteiger partial charge in [-0.05, 0) is 6.42 Å². The molecular formula is C16H26Na2O7. The van der Waals surface area contributed by atoms with Gasteiger partial charge in [-0.2, -0.15) is 0 Å². The molecule has 0 fully saturated rings. The van der Waals surface area contributed by atoms with Crippen LogP contribution in [0.4, 0.5) is 0 Å². The van der Waals surface area contributed by atoms with Gasteiger partial charge >= 0.3 is 65.1 Å². The van der Waals surface area contributed by atoms with Gasteiger partial charge in [0.15, 0.2) is 0 Å². The number of ether oxygens (including phenoxy) is 1. The summed E-state index contributed by atoms with van der Waals surface area (Å²) in [5, 5.41) is 30.8. The van der Waals surface area contributed by atoms with E-state index in [1.807, 2.05) is 0 Å². The average Bonchev–Trinajstić information content (AvgIpc) is 2.44. The van der Waals surface area contributed by atoms with Crippen molar-refractivity contribution < 1.29 is 93.6 Å². The number of hydrogen-bond acceptors (Lipinski definition) is 7. The van der Waals surface area contributed by atoms with Crippen LogP contribution in [0.2, 0.25) is 0 Å². The van der Waals surface area contributed by atoms with Crippen molar-refractivity contribution >= 4 is 17.9 Å². The molecule has 0 rings (SSSR count). The summed E-state index contributed by atoms with van der Waals surface area (Å²) in [5.41, 5.74) is -2.80. The van der Waals surface area contributed by atoms with Gasteiger partial charge < -0.3 is 29.6 Å². The monoisotopic (exact) mass is 376 g/mol. The quantitative estimate of drug-likeness (QED) is 0.181. The number of carbonyl (C=O) groups is 3. The van der Waals surface area contributed by atoms with Gasteiger partial charge in [0.1, 0.15) is 5.60 Å². The summed E-state index contributed by atoms with van der Waals surface area (Å²) in [6.45, 7) is 2.27. The molecule has 0 aliphatic rings. The minimum atomic E-state index is -2.80. The Morgan fingerprint density at radius 3 is 1.80 bits per heavy atom. The van der Waals surface area contributed by atoms with Crippen LogP contribution in [0.5, 0.6) is 0 Å². The molecule has 0 saturated heterocycles. The Kier molecular flexibility index (Phi) is 21.4. The number of esters is 1.